The van der Waals surface area contributed by atoms with Gasteiger partial charge in [0.2, 0.25) is 0 Å². The lowest BCUT2D eigenvalue weighted by Gasteiger charge is -2.04. The first kappa shape index (κ1) is 16.4. The lowest BCUT2D eigenvalue weighted by molar-refractivity contribution is 0.0690. The predicted octanol–water partition coefficient (Wildman–Crippen LogP) is 2.86. The molecule has 25 heavy (non-hydrogen) atoms. The first-order valence-corrected chi connectivity index (χ1v) is 9.29. The molecule has 4 rings (SSSR count). The fraction of sp³-hybridized carbons (Fsp3) is 0.471. The Labute approximate surface area is 153 Å². The first-order chi connectivity index (χ1) is 12.1. The maximum absolute atomic E-state index is 10.8. The zero-order valence-corrected chi connectivity index (χ0v) is 15.2. The molecule has 1 saturated carbocycles. The lowest BCUT2D eigenvalue weighted by Crippen LogP contribution is -2.02. The number of hydrogen-bond acceptors (Lipinski definition) is 5. The van der Waals surface area contributed by atoms with Gasteiger partial charge in [-0.15, -0.1) is 5.10 Å². The Morgan fingerprint density at radius 3 is 2.84 bits per heavy atom. The lowest BCUT2D eigenvalue weighted by atomic mass is 10.1. The molecule has 0 amide bonds. The van der Waals surface area contributed by atoms with Crippen molar-refractivity contribution in [2.24, 2.45) is 5.92 Å². The summed E-state index contributed by atoms with van der Waals surface area (Å²) >= 11 is 3.75. The van der Waals surface area contributed by atoms with Gasteiger partial charge in [-0.1, -0.05) is 21.1 Å². The van der Waals surface area contributed by atoms with Gasteiger partial charge < -0.3 is 5.11 Å². The van der Waals surface area contributed by atoms with E-state index >= 15 is 0 Å². The largest absolute Gasteiger partial charge is 0.476 e. The molecule has 0 bridgehead atoms. The minimum absolute atomic E-state index is 0.0207. The van der Waals surface area contributed by atoms with Crippen LogP contribution in [0.3, 0.4) is 0 Å². The molecule has 1 N–H and O–H groups in total. The van der Waals surface area contributed by atoms with Crippen molar-refractivity contribution in [3.63, 3.8) is 0 Å². The number of rotatable bonds is 7. The highest BCUT2D eigenvalue weighted by atomic mass is 79.9. The summed E-state index contributed by atoms with van der Waals surface area (Å²) in [5, 5.41) is 25.0. The van der Waals surface area contributed by atoms with Crippen molar-refractivity contribution in [2.75, 3.05) is 0 Å². The molecule has 0 aromatic carbocycles. The van der Waals surface area contributed by atoms with Crippen LogP contribution in [0.15, 0.2) is 17.8 Å². The zero-order chi connectivity index (χ0) is 17.4. The van der Waals surface area contributed by atoms with Crippen molar-refractivity contribution in [2.45, 2.75) is 45.1 Å². The molecule has 0 unspecified atom stereocenters. The third-order valence-electron chi connectivity index (χ3n) is 4.70. The molecular formula is C17H18BrN5O2. The van der Waals surface area contributed by atoms with Crippen LogP contribution in [-0.2, 0) is 19.4 Å². The molecule has 130 valence electrons. The SMILES string of the molecule is O=C(O)c1cn(CCCCc2cc3c(nn2)CC(C2CC2)=C3Br)nn1. The third-order valence-corrected chi connectivity index (χ3v) is 5.63. The minimum atomic E-state index is -1.05. The molecule has 0 atom stereocenters. The Hall–Kier alpha value is -2.09. The summed E-state index contributed by atoms with van der Waals surface area (Å²) in [7, 11) is 0. The zero-order valence-electron chi connectivity index (χ0n) is 13.7. The number of carboxylic acids is 1. The molecule has 2 aliphatic rings. The van der Waals surface area contributed by atoms with E-state index in [4.69, 9.17) is 5.11 Å². The normalized spacial score (nSPS) is 16.4. The number of unbranched alkanes of at least 4 members (excludes halogenated alkanes) is 1. The number of aryl methyl sites for hydroxylation is 2. The molecule has 8 heteroatoms. The van der Waals surface area contributed by atoms with Crippen LogP contribution in [-0.4, -0.2) is 36.3 Å². The maximum atomic E-state index is 10.8. The summed E-state index contributed by atoms with van der Waals surface area (Å²) in [5.41, 5.74) is 4.75. The van der Waals surface area contributed by atoms with E-state index < -0.39 is 5.97 Å². The van der Waals surface area contributed by atoms with E-state index in [0.29, 0.717) is 6.54 Å². The van der Waals surface area contributed by atoms with E-state index in [9.17, 15) is 4.79 Å². The molecular weight excluding hydrogens is 386 g/mol. The highest BCUT2D eigenvalue weighted by Gasteiger charge is 2.33. The Morgan fingerprint density at radius 2 is 2.12 bits per heavy atom. The molecule has 0 radical (unpaired) electrons. The average molecular weight is 404 g/mol. The van der Waals surface area contributed by atoms with Gasteiger partial charge in [-0.05, 0) is 49.7 Å². The summed E-state index contributed by atoms with van der Waals surface area (Å²) < 4.78 is 2.80. The van der Waals surface area contributed by atoms with E-state index in [1.165, 1.54) is 34.7 Å². The van der Waals surface area contributed by atoms with Gasteiger partial charge in [-0.2, -0.15) is 10.2 Å². The molecule has 2 aromatic heterocycles. The topological polar surface area (TPSA) is 93.8 Å². The van der Waals surface area contributed by atoms with Crippen LogP contribution in [0, 0.1) is 5.92 Å². The minimum Gasteiger partial charge on any atom is -0.476 e. The van der Waals surface area contributed by atoms with Crippen molar-refractivity contribution >= 4 is 26.4 Å². The number of halogens is 1. The van der Waals surface area contributed by atoms with Crippen molar-refractivity contribution < 1.29 is 9.90 Å². The van der Waals surface area contributed by atoms with Crippen LogP contribution < -0.4 is 0 Å². The van der Waals surface area contributed by atoms with Gasteiger partial charge in [-0.25, -0.2) is 4.79 Å². The van der Waals surface area contributed by atoms with Crippen LogP contribution in [0.25, 0.3) is 4.48 Å². The molecule has 1 fully saturated rings. The molecule has 0 spiro atoms. The van der Waals surface area contributed by atoms with Crippen LogP contribution >= 0.6 is 15.9 Å². The number of carboxylic acid groups (broad SMARTS) is 1. The average Bonchev–Trinajstić information content (AvgIpc) is 3.24. The second-order valence-corrected chi connectivity index (χ2v) is 7.41. The Bertz CT molecular complexity index is 856. The number of aromatic carboxylic acids is 1. The monoisotopic (exact) mass is 403 g/mol. The highest BCUT2D eigenvalue weighted by molar-refractivity contribution is 9.15. The van der Waals surface area contributed by atoms with Crippen molar-refractivity contribution in [3.8, 4) is 0 Å². The van der Waals surface area contributed by atoms with Crippen LogP contribution in [0.4, 0.5) is 0 Å². The summed E-state index contributed by atoms with van der Waals surface area (Å²) in [4.78, 5) is 10.8. The van der Waals surface area contributed by atoms with E-state index in [-0.39, 0.29) is 5.69 Å². The quantitative estimate of drug-likeness (QED) is 0.714. The fourth-order valence-electron chi connectivity index (χ4n) is 3.17. The fourth-order valence-corrected chi connectivity index (χ4v) is 3.98. The second kappa shape index (κ2) is 6.67. The van der Waals surface area contributed by atoms with Crippen molar-refractivity contribution in [3.05, 3.63) is 40.5 Å². The molecule has 2 aromatic rings. The number of hydrogen-bond donors (Lipinski definition) is 1. The van der Waals surface area contributed by atoms with Crippen LogP contribution in [0.1, 0.15) is 53.1 Å². The van der Waals surface area contributed by atoms with Gasteiger partial charge in [0, 0.05) is 23.0 Å². The molecule has 0 aliphatic heterocycles. The smallest absolute Gasteiger partial charge is 0.358 e. The van der Waals surface area contributed by atoms with Gasteiger partial charge in [0.1, 0.15) is 0 Å². The number of nitrogens with zero attached hydrogens (tertiary/aromatic N) is 5. The van der Waals surface area contributed by atoms with Gasteiger partial charge in [0.25, 0.3) is 0 Å². The van der Waals surface area contributed by atoms with Gasteiger partial charge >= 0.3 is 5.97 Å². The molecule has 2 aliphatic carbocycles. The standard InChI is InChI=1S/C17H18BrN5O2/c18-16-12(10-4-5-10)8-14-13(16)7-11(19-20-14)3-1-2-6-23-9-15(17(24)25)21-22-23/h7,9-10H,1-6,8H2,(H,24,25). The number of fused-ring (bicyclic) bond motifs is 1. The summed E-state index contributed by atoms with van der Waals surface area (Å²) in [6, 6.07) is 2.15. The molecule has 2 heterocycles. The Morgan fingerprint density at radius 1 is 1.28 bits per heavy atom. The first-order valence-electron chi connectivity index (χ1n) is 8.49. The summed E-state index contributed by atoms with van der Waals surface area (Å²) in [6.45, 7) is 0.647. The van der Waals surface area contributed by atoms with Crippen molar-refractivity contribution in [1.82, 2.24) is 25.2 Å². The number of allylic oxidation sites excluding steroid dienone is 1. The van der Waals surface area contributed by atoms with E-state index in [0.717, 1.165) is 43.0 Å². The van der Waals surface area contributed by atoms with Crippen LogP contribution in [0.2, 0.25) is 0 Å². The Balaban J connectivity index is 1.32. The third kappa shape index (κ3) is 3.49. The predicted molar refractivity (Wildman–Crippen MR) is 94.2 cm³/mol. The number of aromatic nitrogens is 5. The van der Waals surface area contributed by atoms with E-state index in [1.807, 2.05) is 0 Å². The van der Waals surface area contributed by atoms with E-state index in [1.54, 1.807) is 4.68 Å². The highest BCUT2D eigenvalue weighted by Crippen LogP contribution is 2.47. The molecule has 7 nitrogen and oxygen atoms in total. The Kier molecular flexibility index (Phi) is 4.37. The summed E-state index contributed by atoms with van der Waals surface area (Å²) in [5.74, 6) is -0.311. The molecule has 0 saturated heterocycles. The van der Waals surface area contributed by atoms with Crippen molar-refractivity contribution in [1.29, 1.82) is 0 Å². The van der Waals surface area contributed by atoms with Gasteiger partial charge in [-0.3, -0.25) is 4.68 Å². The van der Waals surface area contributed by atoms with E-state index in [2.05, 4.69) is 42.5 Å². The van der Waals surface area contributed by atoms with Gasteiger partial charge in [0.05, 0.1) is 17.6 Å². The summed E-state index contributed by atoms with van der Waals surface area (Å²) in [6.07, 6.45) is 7.65. The number of carbonyl (C=O) groups is 1. The van der Waals surface area contributed by atoms with Gasteiger partial charge in [0.15, 0.2) is 5.69 Å². The second-order valence-electron chi connectivity index (χ2n) is 6.62. The van der Waals surface area contributed by atoms with Crippen LogP contribution in [0.5, 0.6) is 0 Å². The maximum Gasteiger partial charge on any atom is 0.358 e.